The molecular formula is C23H37N. The Bertz CT molecular complexity index is 601. The molecule has 0 aliphatic rings. The fourth-order valence-electron chi connectivity index (χ4n) is 3.31. The van der Waals surface area contributed by atoms with Gasteiger partial charge in [0.15, 0.2) is 0 Å². The molecule has 1 aromatic rings. The first kappa shape index (κ1) is 20.7. The van der Waals surface area contributed by atoms with Gasteiger partial charge >= 0.3 is 0 Å². The van der Waals surface area contributed by atoms with Gasteiger partial charge < -0.3 is 0 Å². The second kappa shape index (κ2) is 8.14. The number of nitrogens with zero attached hydrogens (tertiary/aromatic N) is 1. The molecule has 134 valence electrons. The van der Waals surface area contributed by atoms with Crippen molar-refractivity contribution in [2.45, 2.75) is 86.0 Å². The van der Waals surface area contributed by atoms with E-state index in [-0.39, 0.29) is 10.8 Å². The number of benzene rings is 1. The summed E-state index contributed by atoms with van der Waals surface area (Å²) in [6, 6.07) is 7.01. The maximum Gasteiger partial charge on any atom is 0.0447 e. The molecule has 0 heterocycles. The third-order valence-corrected chi connectivity index (χ3v) is 5.74. The zero-order chi connectivity index (χ0) is 18.5. The summed E-state index contributed by atoms with van der Waals surface area (Å²) in [4.78, 5) is 4.63. The van der Waals surface area contributed by atoms with Crippen LogP contribution in [-0.2, 0) is 10.8 Å². The van der Waals surface area contributed by atoms with Crippen molar-refractivity contribution in [1.82, 2.24) is 0 Å². The zero-order valence-electron chi connectivity index (χ0n) is 17.3. The Kier molecular flexibility index (Phi) is 7.01. The SMILES string of the molecule is C/C=C\N=C(C)c1ccc(C(C)(C)C)cc1C(C)(CC)C(C)CC. The van der Waals surface area contributed by atoms with Crippen molar-refractivity contribution in [3.8, 4) is 0 Å². The molecule has 0 N–H and O–H groups in total. The van der Waals surface area contributed by atoms with Gasteiger partial charge in [-0.1, -0.05) is 79.2 Å². The quantitative estimate of drug-likeness (QED) is 0.497. The summed E-state index contributed by atoms with van der Waals surface area (Å²) in [5, 5.41) is 0. The molecule has 0 aliphatic heterocycles. The van der Waals surface area contributed by atoms with Crippen LogP contribution in [0.25, 0.3) is 0 Å². The van der Waals surface area contributed by atoms with Crippen LogP contribution in [0, 0.1) is 5.92 Å². The van der Waals surface area contributed by atoms with Gasteiger partial charge in [0, 0.05) is 11.9 Å². The van der Waals surface area contributed by atoms with Gasteiger partial charge in [0.25, 0.3) is 0 Å². The number of aliphatic imine (C=N–C) groups is 1. The molecule has 0 aromatic heterocycles. The summed E-state index contributed by atoms with van der Waals surface area (Å²) in [6.07, 6.45) is 6.21. The lowest BCUT2D eigenvalue weighted by molar-refractivity contribution is 0.294. The van der Waals surface area contributed by atoms with Crippen LogP contribution >= 0.6 is 0 Å². The topological polar surface area (TPSA) is 12.4 Å². The van der Waals surface area contributed by atoms with E-state index < -0.39 is 0 Å². The van der Waals surface area contributed by atoms with Crippen LogP contribution in [0.15, 0.2) is 35.5 Å². The highest BCUT2D eigenvalue weighted by atomic mass is 14.7. The predicted octanol–water partition coefficient (Wildman–Crippen LogP) is 7.04. The second-order valence-corrected chi connectivity index (χ2v) is 8.29. The van der Waals surface area contributed by atoms with E-state index >= 15 is 0 Å². The Morgan fingerprint density at radius 2 is 1.79 bits per heavy atom. The molecule has 0 fully saturated rings. The van der Waals surface area contributed by atoms with Crippen LogP contribution in [0.4, 0.5) is 0 Å². The Morgan fingerprint density at radius 3 is 2.25 bits per heavy atom. The Labute approximate surface area is 150 Å². The third kappa shape index (κ3) is 4.37. The van der Waals surface area contributed by atoms with Crippen molar-refractivity contribution in [3.63, 3.8) is 0 Å². The van der Waals surface area contributed by atoms with Crippen LogP contribution in [0.5, 0.6) is 0 Å². The van der Waals surface area contributed by atoms with Crippen molar-refractivity contribution >= 4 is 5.71 Å². The van der Waals surface area contributed by atoms with Crippen LogP contribution in [-0.4, -0.2) is 5.71 Å². The summed E-state index contributed by atoms with van der Waals surface area (Å²) >= 11 is 0. The van der Waals surface area contributed by atoms with Gasteiger partial charge in [-0.25, -0.2) is 0 Å². The highest BCUT2D eigenvalue weighted by Gasteiger charge is 2.33. The number of hydrogen-bond acceptors (Lipinski definition) is 1. The van der Waals surface area contributed by atoms with Gasteiger partial charge in [-0.05, 0) is 53.7 Å². The van der Waals surface area contributed by atoms with E-state index in [9.17, 15) is 0 Å². The summed E-state index contributed by atoms with van der Waals surface area (Å²) < 4.78 is 0. The zero-order valence-corrected chi connectivity index (χ0v) is 17.3. The third-order valence-electron chi connectivity index (χ3n) is 5.74. The molecule has 0 bridgehead atoms. The molecule has 1 nitrogen and oxygen atoms in total. The second-order valence-electron chi connectivity index (χ2n) is 8.29. The van der Waals surface area contributed by atoms with Gasteiger partial charge in [0.05, 0.1) is 0 Å². The average Bonchev–Trinajstić information content (AvgIpc) is 2.56. The van der Waals surface area contributed by atoms with Crippen LogP contribution < -0.4 is 0 Å². The van der Waals surface area contributed by atoms with Crippen molar-refractivity contribution in [3.05, 3.63) is 47.2 Å². The molecule has 0 saturated heterocycles. The minimum Gasteiger partial charge on any atom is -0.261 e. The van der Waals surface area contributed by atoms with Gasteiger partial charge in [-0.3, -0.25) is 4.99 Å². The maximum absolute atomic E-state index is 4.63. The highest BCUT2D eigenvalue weighted by molar-refractivity contribution is 6.00. The van der Waals surface area contributed by atoms with Gasteiger partial charge in [0.2, 0.25) is 0 Å². The molecular weight excluding hydrogens is 290 g/mol. The van der Waals surface area contributed by atoms with Crippen molar-refractivity contribution < 1.29 is 0 Å². The normalized spacial score (nSPS) is 17.1. The lowest BCUT2D eigenvalue weighted by Gasteiger charge is -2.38. The van der Waals surface area contributed by atoms with E-state index in [2.05, 4.69) is 78.6 Å². The van der Waals surface area contributed by atoms with E-state index in [1.807, 2.05) is 19.2 Å². The van der Waals surface area contributed by atoms with E-state index in [0.717, 1.165) is 12.1 Å². The first-order valence-electron chi connectivity index (χ1n) is 9.42. The molecule has 1 heteroatoms. The van der Waals surface area contributed by atoms with Crippen LogP contribution in [0.1, 0.15) is 91.8 Å². The number of hydrogen-bond donors (Lipinski definition) is 0. The van der Waals surface area contributed by atoms with E-state index in [1.54, 1.807) is 0 Å². The molecule has 1 rings (SSSR count). The number of allylic oxidation sites excluding steroid dienone is 1. The molecule has 24 heavy (non-hydrogen) atoms. The van der Waals surface area contributed by atoms with Crippen molar-refractivity contribution in [2.75, 3.05) is 0 Å². The first-order chi connectivity index (χ1) is 11.1. The fraction of sp³-hybridized carbons (Fsp3) is 0.609. The van der Waals surface area contributed by atoms with Crippen LogP contribution in [0.3, 0.4) is 0 Å². The lowest BCUT2D eigenvalue weighted by Crippen LogP contribution is -2.32. The van der Waals surface area contributed by atoms with E-state index in [4.69, 9.17) is 0 Å². The fourth-order valence-corrected chi connectivity index (χ4v) is 3.31. The Hall–Kier alpha value is -1.37. The summed E-state index contributed by atoms with van der Waals surface area (Å²) in [5.74, 6) is 0.631. The minimum absolute atomic E-state index is 0.158. The Balaban J connectivity index is 3.67. The van der Waals surface area contributed by atoms with Crippen molar-refractivity contribution in [2.24, 2.45) is 10.9 Å². The first-order valence-corrected chi connectivity index (χ1v) is 9.42. The van der Waals surface area contributed by atoms with E-state index in [1.165, 1.54) is 23.1 Å². The molecule has 2 atom stereocenters. The Morgan fingerprint density at radius 1 is 1.17 bits per heavy atom. The van der Waals surface area contributed by atoms with Crippen molar-refractivity contribution in [1.29, 1.82) is 0 Å². The molecule has 0 aliphatic carbocycles. The number of rotatable bonds is 6. The molecule has 1 aromatic carbocycles. The van der Waals surface area contributed by atoms with Gasteiger partial charge in [-0.15, -0.1) is 0 Å². The smallest absolute Gasteiger partial charge is 0.0447 e. The monoisotopic (exact) mass is 327 g/mol. The maximum atomic E-state index is 4.63. The molecule has 0 amide bonds. The minimum atomic E-state index is 0.158. The van der Waals surface area contributed by atoms with Gasteiger partial charge in [0.1, 0.15) is 0 Å². The average molecular weight is 328 g/mol. The lowest BCUT2D eigenvalue weighted by atomic mass is 9.67. The van der Waals surface area contributed by atoms with E-state index in [0.29, 0.717) is 5.92 Å². The molecule has 0 spiro atoms. The molecule has 2 unspecified atom stereocenters. The van der Waals surface area contributed by atoms with Crippen LogP contribution in [0.2, 0.25) is 0 Å². The molecule has 0 saturated carbocycles. The largest absolute Gasteiger partial charge is 0.261 e. The summed E-state index contributed by atoms with van der Waals surface area (Å²) in [5.41, 5.74) is 5.59. The molecule has 0 radical (unpaired) electrons. The highest BCUT2D eigenvalue weighted by Crippen LogP contribution is 2.41. The predicted molar refractivity (Wildman–Crippen MR) is 109 cm³/mol. The summed E-state index contributed by atoms with van der Waals surface area (Å²) in [6.45, 7) is 20.4. The standard InChI is InChI=1S/C23H37N/c1-10-15-24-18(5)20-14-13-19(22(6,7)8)16-21(20)23(9,12-3)17(4)11-2/h10,13-17H,11-12H2,1-9H3/b15-10-,24-18?. The summed E-state index contributed by atoms with van der Waals surface area (Å²) in [7, 11) is 0. The van der Waals surface area contributed by atoms with Gasteiger partial charge in [-0.2, -0.15) is 0 Å².